The lowest BCUT2D eigenvalue weighted by molar-refractivity contribution is -0.163. The molecule has 0 N–H and O–H groups in total. The van der Waals surface area contributed by atoms with Gasteiger partial charge in [-0.3, -0.25) is 9.59 Å². The number of ether oxygens (including phenoxy) is 3. The highest BCUT2D eigenvalue weighted by atomic mass is 16.6. The van der Waals surface area contributed by atoms with Crippen LogP contribution in [0.3, 0.4) is 0 Å². The molecule has 1 atom stereocenters. The second kappa shape index (κ2) is 41.8. The van der Waals surface area contributed by atoms with E-state index < -0.39 is 6.10 Å². The minimum absolute atomic E-state index is 0.0887. The van der Waals surface area contributed by atoms with Crippen molar-refractivity contribution in [1.82, 2.24) is 0 Å². The summed E-state index contributed by atoms with van der Waals surface area (Å²) < 4.78 is 17.1. The standard InChI is InChI=1S/C45H84O5/c1-4-7-10-13-15-17-18-19-20-21-22-23-24-25-26-27-29-31-34-37-40-48-41-43(50-45(47)39-36-32-12-9-6-3)42-49-44(46)38-35-33-30-28-16-14-11-8-5-2/h15,17,19-20,43H,4-14,16,18,21-42H2,1-3H3/b17-15-,20-19-. The fourth-order valence-corrected chi connectivity index (χ4v) is 6.19. The summed E-state index contributed by atoms with van der Waals surface area (Å²) in [4.78, 5) is 24.9. The third-order valence-corrected chi connectivity index (χ3v) is 9.49. The number of unbranched alkanes of at least 4 members (excludes halogenated alkanes) is 25. The second-order valence-corrected chi connectivity index (χ2v) is 14.6. The van der Waals surface area contributed by atoms with Gasteiger partial charge < -0.3 is 14.2 Å². The molecule has 0 aromatic heterocycles. The maximum absolute atomic E-state index is 12.5. The summed E-state index contributed by atoms with van der Waals surface area (Å²) >= 11 is 0. The normalized spacial score (nSPS) is 12.3. The maximum Gasteiger partial charge on any atom is 0.306 e. The van der Waals surface area contributed by atoms with Gasteiger partial charge in [0.25, 0.3) is 0 Å². The third kappa shape index (κ3) is 39.2. The van der Waals surface area contributed by atoms with E-state index in [1.807, 2.05) is 0 Å². The van der Waals surface area contributed by atoms with E-state index in [9.17, 15) is 9.59 Å². The van der Waals surface area contributed by atoms with Gasteiger partial charge in [-0.15, -0.1) is 0 Å². The average molecular weight is 705 g/mol. The number of hydrogen-bond acceptors (Lipinski definition) is 5. The molecule has 0 amide bonds. The van der Waals surface area contributed by atoms with Gasteiger partial charge >= 0.3 is 11.9 Å². The zero-order chi connectivity index (χ0) is 36.4. The van der Waals surface area contributed by atoms with Crippen LogP contribution in [0, 0.1) is 0 Å². The van der Waals surface area contributed by atoms with Crippen LogP contribution in [0.2, 0.25) is 0 Å². The van der Waals surface area contributed by atoms with Crippen molar-refractivity contribution < 1.29 is 23.8 Å². The zero-order valence-electron chi connectivity index (χ0n) is 33.7. The number of esters is 2. The fourth-order valence-electron chi connectivity index (χ4n) is 6.19. The average Bonchev–Trinajstić information content (AvgIpc) is 3.11. The molecule has 0 radical (unpaired) electrons. The minimum Gasteiger partial charge on any atom is -0.462 e. The first-order valence-electron chi connectivity index (χ1n) is 21.9. The van der Waals surface area contributed by atoms with Gasteiger partial charge in [0.2, 0.25) is 0 Å². The van der Waals surface area contributed by atoms with E-state index in [-0.39, 0.29) is 18.5 Å². The van der Waals surface area contributed by atoms with Crippen molar-refractivity contribution in [2.45, 2.75) is 232 Å². The topological polar surface area (TPSA) is 61.8 Å². The lowest BCUT2D eigenvalue weighted by atomic mass is 10.1. The Morgan fingerprint density at radius 1 is 0.440 bits per heavy atom. The van der Waals surface area contributed by atoms with Crippen molar-refractivity contribution in [3.63, 3.8) is 0 Å². The van der Waals surface area contributed by atoms with Gasteiger partial charge in [-0.25, -0.2) is 0 Å². The Hall–Kier alpha value is -1.62. The first-order chi connectivity index (χ1) is 24.6. The Kier molecular flexibility index (Phi) is 40.4. The molecule has 50 heavy (non-hydrogen) atoms. The number of carbonyl (C=O) groups is 2. The van der Waals surface area contributed by atoms with Crippen LogP contribution < -0.4 is 0 Å². The van der Waals surface area contributed by atoms with Crippen LogP contribution >= 0.6 is 0 Å². The van der Waals surface area contributed by atoms with Crippen LogP contribution in [0.15, 0.2) is 24.3 Å². The molecule has 294 valence electrons. The van der Waals surface area contributed by atoms with Crippen molar-refractivity contribution >= 4 is 11.9 Å². The summed E-state index contributed by atoms with van der Waals surface area (Å²) in [6.45, 7) is 7.73. The summed E-state index contributed by atoms with van der Waals surface area (Å²) in [5.41, 5.74) is 0. The number of carbonyl (C=O) groups excluding carboxylic acids is 2. The van der Waals surface area contributed by atoms with E-state index in [0.29, 0.717) is 26.1 Å². The van der Waals surface area contributed by atoms with Crippen LogP contribution in [-0.2, 0) is 23.8 Å². The van der Waals surface area contributed by atoms with Gasteiger partial charge in [-0.05, 0) is 51.4 Å². The Bertz CT molecular complexity index is 761. The molecule has 0 fully saturated rings. The number of rotatable bonds is 40. The molecule has 0 aliphatic rings. The predicted octanol–water partition coefficient (Wildman–Crippen LogP) is 14.1. The van der Waals surface area contributed by atoms with Crippen molar-refractivity contribution in [2.24, 2.45) is 0 Å². The zero-order valence-corrected chi connectivity index (χ0v) is 33.7. The molecular formula is C45H84O5. The molecule has 0 aromatic carbocycles. The lowest BCUT2D eigenvalue weighted by Crippen LogP contribution is -2.30. The van der Waals surface area contributed by atoms with Crippen LogP contribution in [0.1, 0.15) is 226 Å². The van der Waals surface area contributed by atoms with Gasteiger partial charge in [0.15, 0.2) is 6.10 Å². The van der Waals surface area contributed by atoms with Crippen LogP contribution in [0.4, 0.5) is 0 Å². The first-order valence-corrected chi connectivity index (χ1v) is 21.9. The lowest BCUT2D eigenvalue weighted by Gasteiger charge is -2.18. The summed E-state index contributed by atoms with van der Waals surface area (Å²) in [7, 11) is 0. The van der Waals surface area contributed by atoms with E-state index in [1.165, 1.54) is 141 Å². The first kappa shape index (κ1) is 48.4. The summed E-state index contributed by atoms with van der Waals surface area (Å²) in [6, 6.07) is 0. The highest BCUT2D eigenvalue weighted by Gasteiger charge is 2.17. The summed E-state index contributed by atoms with van der Waals surface area (Å²) in [5.74, 6) is -0.406. The van der Waals surface area contributed by atoms with Gasteiger partial charge in [-0.2, -0.15) is 0 Å². The summed E-state index contributed by atoms with van der Waals surface area (Å²) in [6.07, 6.45) is 46.3. The molecule has 0 saturated carbocycles. The van der Waals surface area contributed by atoms with Crippen molar-refractivity contribution in [3.8, 4) is 0 Å². The summed E-state index contributed by atoms with van der Waals surface area (Å²) in [5, 5.41) is 0. The van der Waals surface area contributed by atoms with Gasteiger partial charge in [0.1, 0.15) is 6.61 Å². The van der Waals surface area contributed by atoms with Gasteiger partial charge in [-0.1, -0.05) is 186 Å². The van der Waals surface area contributed by atoms with E-state index in [4.69, 9.17) is 14.2 Å². The van der Waals surface area contributed by atoms with Crippen molar-refractivity contribution in [3.05, 3.63) is 24.3 Å². The quantitative estimate of drug-likeness (QED) is 0.0361. The van der Waals surface area contributed by atoms with Crippen LogP contribution in [0.25, 0.3) is 0 Å². The number of allylic oxidation sites excluding steroid dienone is 4. The van der Waals surface area contributed by atoms with E-state index in [2.05, 4.69) is 45.1 Å². The molecule has 0 aliphatic carbocycles. The molecule has 0 bridgehead atoms. The van der Waals surface area contributed by atoms with Crippen LogP contribution in [-0.4, -0.2) is 37.9 Å². The van der Waals surface area contributed by atoms with Crippen LogP contribution in [0.5, 0.6) is 0 Å². The van der Waals surface area contributed by atoms with E-state index >= 15 is 0 Å². The maximum atomic E-state index is 12.5. The second-order valence-electron chi connectivity index (χ2n) is 14.6. The molecule has 0 rings (SSSR count). The molecule has 0 spiro atoms. The molecule has 5 nitrogen and oxygen atoms in total. The molecule has 0 aromatic rings. The molecule has 1 unspecified atom stereocenters. The Morgan fingerprint density at radius 3 is 1.36 bits per heavy atom. The smallest absolute Gasteiger partial charge is 0.306 e. The van der Waals surface area contributed by atoms with Crippen molar-refractivity contribution in [1.29, 1.82) is 0 Å². The highest BCUT2D eigenvalue weighted by Crippen LogP contribution is 2.14. The molecule has 0 saturated heterocycles. The third-order valence-electron chi connectivity index (χ3n) is 9.49. The Labute approximate surface area is 311 Å². The van der Waals surface area contributed by atoms with Gasteiger partial charge in [0.05, 0.1) is 6.61 Å². The minimum atomic E-state index is -0.525. The van der Waals surface area contributed by atoms with E-state index in [0.717, 1.165) is 51.4 Å². The Morgan fingerprint density at radius 2 is 0.840 bits per heavy atom. The van der Waals surface area contributed by atoms with E-state index in [1.54, 1.807) is 0 Å². The largest absolute Gasteiger partial charge is 0.462 e. The van der Waals surface area contributed by atoms with Gasteiger partial charge in [0, 0.05) is 19.4 Å². The van der Waals surface area contributed by atoms with Crippen molar-refractivity contribution in [2.75, 3.05) is 19.8 Å². The molecule has 0 aliphatic heterocycles. The molecular weight excluding hydrogens is 620 g/mol. The fraction of sp³-hybridized carbons (Fsp3) is 0.867. The highest BCUT2D eigenvalue weighted by molar-refractivity contribution is 5.70. The molecule has 0 heterocycles. The number of hydrogen-bond donors (Lipinski definition) is 0. The predicted molar refractivity (Wildman–Crippen MR) is 215 cm³/mol. The SMILES string of the molecule is CCCCC/C=C\C/C=C\CCCCCCCCCCCCOCC(COC(=O)CCCCCCCCCCC)OC(=O)CCCCCCC. The Balaban J connectivity index is 3.97. The molecule has 5 heteroatoms. The monoisotopic (exact) mass is 705 g/mol.